The summed E-state index contributed by atoms with van der Waals surface area (Å²) in [6.45, 7) is 2.58. The van der Waals surface area contributed by atoms with Crippen LogP contribution in [0.4, 0.5) is 0 Å². The van der Waals surface area contributed by atoms with Gasteiger partial charge in [-0.2, -0.15) is 0 Å². The van der Waals surface area contributed by atoms with E-state index in [0.29, 0.717) is 17.1 Å². The molecular weight excluding hydrogens is 262 g/mol. The molecule has 0 aliphatic carbocycles. The van der Waals surface area contributed by atoms with Gasteiger partial charge in [-0.1, -0.05) is 11.6 Å². The van der Waals surface area contributed by atoms with Crippen LogP contribution in [0.2, 0.25) is 5.02 Å². The Morgan fingerprint density at radius 2 is 2.00 bits per heavy atom. The summed E-state index contributed by atoms with van der Waals surface area (Å²) < 4.78 is 5.03. The molecule has 0 aliphatic rings. The van der Waals surface area contributed by atoms with Crippen molar-refractivity contribution in [3.8, 4) is 0 Å². The highest BCUT2D eigenvalue weighted by molar-refractivity contribution is 6.30. The van der Waals surface area contributed by atoms with E-state index in [1.54, 1.807) is 36.8 Å². The second-order valence-corrected chi connectivity index (χ2v) is 5.03. The fourth-order valence-corrected chi connectivity index (χ4v) is 1.99. The van der Waals surface area contributed by atoms with Crippen LogP contribution in [0.3, 0.4) is 0 Å². The third kappa shape index (κ3) is 3.46. The Labute approximate surface area is 117 Å². The van der Waals surface area contributed by atoms with E-state index < -0.39 is 0 Å². The maximum absolute atomic E-state index is 12.3. The molecule has 0 radical (unpaired) electrons. The van der Waals surface area contributed by atoms with Crippen LogP contribution in [0.25, 0.3) is 0 Å². The zero-order valence-corrected chi connectivity index (χ0v) is 11.7. The van der Waals surface area contributed by atoms with E-state index in [-0.39, 0.29) is 11.8 Å². The van der Waals surface area contributed by atoms with Gasteiger partial charge < -0.3 is 4.42 Å². The molecule has 4 heteroatoms. The highest BCUT2D eigenvalue weighted by Crippen LogP contribution is 2.14. The molecule has 0 N–H and O–H groups in total. The number of furan rings is 1. The van der Waals surface area contributed by atoms with Gasteiger partial charge in [0.05, 0.1) is 18.6 Å². The highest BCUT2D eigenvalue weighted by atomic mass is 35.5. The topological polar surface area (TPSA) is 33.5 Å². The second-order valence-electron chi connectivity index (χ2n) is 4.59. The lowest BCUT2D eigenvalue weighted by Crippen LogP contribution is -2.35. The molecule has 1 atom stereocenters. The monoisotopic (exact) mass is 277 g/mol. The number of Topliss-reactive ketones (excluding diaryl/α,β-unsaturated/α-hetero) is 1. The predicted octanol–water partition coefficient (Wildman–Crippen LogP) is 3.64. The van der Waals surface area contributed by atoms with E-state index in [1.807, 2.05) is 24.9 Å². The molecule has 1 aromatic heterocycles. The molecule has 2 aromatic rings. The molecule has 3 nitrogen and oxygen atoms in total. The molecule has 0 fully saturated rings. The predicted molar refractivity (Wildman–Crippen MR) is 75.4 cm³/mol. The first-order valence-electron chi connectivity index (χ1n) is 6.09. The standard InChI is InChI=1S/C15H16ClNO2/c1-11(17(2)9-12-7-8-19-10-12)15(18)13-3-5-14(16)6-4-13/h3-8,10-11H,9H2,1-2H3. The molecule has 100 valence electrons. The zero-order chi connectivity index (χ0) is 13.8. The summed E-state index contributed by atoms with van der Waals surface area (Å²) in [6.07, 6.45) is 3.32. The molecule has 0 amide bonds. The van der Waals surface area contributed by atoms with Gasteiger partial charge >= 0.3 is 0 Å². The first-order chi connectivity index (χ1) is 9.08. The maximum Gasteiger partial charge on any atom is 0.179 e. The number of halogens is 1. The third-order valence-electron chi connectivity index (χ3n) is 3.18. The van der Waals surface area contributed by atoms with Gasteiger partial charge in [0.15, 0.2) is 5.78 Å². The largest absolute Gasteiger partial charge is 0.472 e. The van der Waals surface area contributed by atoms with Crippen molar-refractivity contribution < 1.29 is 9.21 Å². The number of hydrogen-bond acceptors (Lipinski definition) is 3. The van der Waals surface area contributed by atoms with E-state index in [9.17, 15) is 4.79 Å². The molecule has 0 saturated heterocycles. The summed E-state index contributed by atoms with van der Waals surface area (Å²) in [5.41, 5.74) is 1.73. The normalized spacial score (nSPS) is 12.6. The molecule has 0 saturated carbocycles. The quantitative estimate of drug-likeness (QED) is 0.783. The van der Waals surface area contributed by atoms with Crippen LogP contribution < -0.4 is 0 Å². The summed E-state index contributed by atoms with van der Waals surface area (Å²) in [4.78, 5) is 14.3. The summed E-state index contributed by atoms with van der Waals surface area (Å²) in [6, 6.07) is 8.68. The molecular formula is C15H16ClNO2. The molecule has 2 rings (SSSR count). The lowest BCUT2D eigenvalue weighted by Gasteiger charge is -2.23. The number of carbonyl (C=O) groups excluding carboxylic acids is 1. The first-order valence-corrected chi connectivity index (χ1v) is 6.47. The number of benzene rings is 1. The second kappa shape index (κ2) is 6.04. The number of likely N-dealkylation sites (N-methyl/N-ethyl adjacent to an activating group) is 1. The summed E-state index contributed by atoms with van der Waals surface area (Å²) in [5, 5.41) is 0.635. The Morgan fingerprint density at radius 3 is 2.58 bits per heavy atom. The number of nitrogens with zero attached hydrogens (tertiary/aromatic N) is 1. The molecule has 1 unspecified atom stereocenters. The van der Waals surface area contributed by atoms with Crippen LogP contribution in [0.15, 0.2) is 47.3 Å². The first kappa shape index (κ1) is 13.8. The lowest BCUT2D eigenvalue weighted by atomic mass is 10.0. The number of rotatable bonds is 5. The minimum Gasteiger partial charge on any atom is -0.472 e. The van der Waals surface area contributed by atoms with Gasteiger partial charge in [-0.05, 0) is 44.3 Å². The fraction of sp³-hybridized carbons (Fsp3) is 0.267. The van der Waals surface area contributed by atoms with Crippen LogP contribution in [0.5, 0.6) is 0 Å². The van der Waals surface area contributed by atoms with E-state index in [1.165, 1.54) is 0 Å². The van der Waals surface area contributed by atoms with Crippen molar-refractivity contribution in [1.29, 1.82) is 0 Å². The van der Waals surface area contributed by atoms with Crippen LogP contribution in [0.1, 0.15) is 22.8 Å². The van der Waals surface area contributed by atoms with Crippen molar-refractivity contribution in [2.75, 3.05) is 7.05 Å². The average molecular weight is 278 g/mol. The van der Waals surface area contributed by atoms with Gasteiger partial charge in [-0.3, -0.25) is 9.69 Å². The van der Waals surface area contributed by atoms with Crippen LogP contribution in [-0.4, -0.2) is 23.8 Å². The van der Waals surface area contributed by atoms with Gasteiger partial charge in [0.1, 0.15) is 0 Å². The molecule has 0 spiro atoms. The summed E-state index contributed by atoms with van der Waals surface area (Å²) in [5.74, 6) is 0.0858. The fourth-order valence-electron chi connectivity index (χ4n) is 1.86. The van der Waals surface area contributed by atoms with Crippen LogP contribution >= 0.6 is 11.6 Å². The maximum atomic E-state index is 12.3. The molecule has 0 aliphatic heterocycles. The van der Waals surface area contributed by atoms with Gasteiger partial charge in [0.25, 0.3) is 0 Å². The van der Waals surface area contributed by atoms with Gasteiger partial charge in [0, 0.05) is 22.7 Å². The minimum absolute atomic E-state index is 0.0858. The average Bonchev–Trinajstić information content (AvgIpc) is 2.90. The smallest absolute Gasteiger partial charge is 0.179 e. The van der Waals surface area contributed by atoms with Gasteiger partial charge in [-0.25, -0.2) is 0 Å². The van der Waals surface area contributed by atoms with Crippen molar-refractivity contribution in [3.63, 3.8) is 0 Å². The van der Waals surface area contributed by atoms with Crippen molar-refractivity contribution in [1.82, 2.24) is 4.90 Å². The number of hydrogen-bond donors (Lipinski definition) is 0. The van der Waals surface area contributed by atoms with E-state index in [4.69, 9.17) is 16.0 Å². The van der Waals surface area contributed by atoms with Crippen molar-refractivity contribution in [2.24, 2.45) is 0 Å². The Morgan fingerprint density at radius 1 is 1.32 bits per heavy atom. The zero-order valence-electron chi connectivity index (χ0n) is 11.0. The highest BCUT2D eigenvalue weighted by Gasteiger charge is 2.19. The van der Waals surface area contributed by atoms with Crippen molar-refractivity contribution in [3.05, 3.63) is 59.0 Å². The molecule has 19 heavy (non-hydrogen) atoms. The molecule has 0 bridgehead atoms. The van der Waals surface area contributed by atoms with Gasteiger partial charge in [-0.15, -0.1) is 0 Å². The lowest BCUT2D eigenvalue weighted by molar-refractivity contribution is 0.0862. The SMILES string of the molecule is CC(C(=O)c1ccc(Cl)cc1)N(C)Cc1ccoc1. The van der Waals surface area contributed by atoms with E-state index >= 15 is 0 Å². The Kier molecular flexibility index (Phi) is 4.40. The third-order valence-corrected chi connectivity index (χ3v) is 3.43. The Bertz CT molecular complexity index is 534. The van der Waals surface area contributed by atoms with Crippen molar-refractivity contribution in [2.45, 2.75) is 19.5 Å². The number of carbonyl (C=O) groups is 1. The van der Waals surface area contributed by atoms with Crippen LogP contribution in [0, 0.1) is 0 Å². The molecule has 1 heterocycles. The number of ketones is 1. The minimum atomic E-state index is -0.198. The van der Waals surface area contributed by atoms with Crippen molar-refractivity contribution >= 4 is 17.4 Å². The summed E-state index contributed by atoms with van der Waals surface area (Å²) in [7, 11) is 1.92. The van der Waals surface area contributed by atoms with E-state index in [2.05, 4.69) is 0 Å². The van der Waals surface area contributed by atoms with E-state index in [0.717, 1.165) is 5.56 Å². The summed E-state index contributed by atoms with van der Waals surface area (Å²) >= 11 is 5.82. The Hall–Kier alpha value is -1.58. The van der Waals surface area contributed by atoms with Crippen LogP contribution in [-0.2, 0) is 6.54 Å². The van der Waals surface area contributed by atoms with Gasteiger partial charge in [0.2, 0.25) is 0 Å². The Balaban J connectivity index is 2.04. The molecule has 1 aromatic carbocycles.